The predicted molar refractivity (Wildman–Crippen MR) is 118 cm³/mol. The molecule has 9 nitrogen and oxygen atoms in total. The zero-order valence-corrected chi connectivity index (χ0v) is 19.0. The van der Waals surface area contributed by atoms with Gasteiger partial charge in [-0.2, -0.15) is 8.42 Å². The highest BCUT2D eigenvalue weighted by molar-refractivity contribution is 7.86. The van der Waals surface area contributed by atoms with Crippen LogP contribution >= 0.6 is 0 Å². The molecule has 0 fully saturated rings. The molecule has 2 unspecified atom stereocenters. The van der Waals surface area contributed by atoms with Gasteiger partial charge in [0.2, 0.25) is 5.91 Å². The first-order chi connectivity index (χ1) is 15.0. The molecule has 0 aliphatic heterocycles. The summed E-state index contributed by atoms with van der Waals surface area (Å²) in [5, 5.41) is 3.38. The highest BCUT2D eigenvalue weighted by atomic mass is 32.2. The number of amides is 1. The summed E-state index contributed by atoms with van der Waals surface area (Å²) in [6.07, 6.45) is -0.475. The highest BCUT2D eigenvalue weighted by Crippen LogP contribution is 2.31. The van der Waals surface area contributed by atoms with E-state index in [-0.39, 0.29) is 42.7 Å². The second-order valence-electron chi connectivity index (χ2n) is 7.50. The molecule has 174 valence electrons. The lowest BCUT2D eigenvalue weighted by molar-refractivity contribution is -0.154. The minimum Gasteiger partial charge on any atom is -0.464 e. The molecule has 0 bridgehead atoms. The summed E-state index contributed by atoms with van der Waals surface area (Å²) in [6.45, 7) is 2.94. The molecule has 2 atom stereocenters. The van der Waals surface area contributed by atoms with Crippen LogP contribution in [0.25, 0.3) is 10.8 Å². The third-order valence-corrected chi connectivity index (χ3v) is 5.87. The molecular formula is C22H27NO8S. The van der Waals surface area contributed by atoms with Crippen LogP contribution in [0.1, 0.15) is 33.1 Å². The number of esters is 1. The van der Waals surface area contributed by atoms with Crippen molar-refractivity contribution in [2.75, 3.05) is 19.0 Å². The maximum atomic E-state index is 12.6. The number of nitrogens with one attached hydrogen (secondary N) is 1. The first-order valence-corrected chi connectivity index (χ1v) is 11.4. The Balaban J connectivity index is 2.15. The third-order valence-electron chi connectivity index (χ3n) is 4.92. The van der Waals surface area contributed by atoms with E-state index >= 15 is 0 Å². The maximum Gasteiger partial charge on any atom is 0.334 e. The molecule has 10 heteroatoms. The van der Waals surface area contributed by atoms with Gasteiger partial charge in [-0.15, -0.1) is 0 Å². The molecule has 0 heterocycles. The number of ketones is 1. The number of methoxy groups -OCH3 is 1. The predicted octanol–water partition coefficient (Wildman–Crippen LogP) is 2.98. The number of hydrogen-bond acceptors (Lipinski definition) is 7. The Hall–Kier alpha value is -2.82. The third kappa shape index (κ3) is 7.11. The van der Waals surface area contributed by atoms with Gasteiger partial charge in [-0.25, -0.2) is 4.79 Å². The fraction of sp³-hybridized carbons (Fsp3) is 0.409. The summed E-state index contributed by atoms with van der Waals surface area (Å²) in [4.78, 5) is 35.6. The standard InChI is InChI=1S/C22H27NO8S/c1-14(24)12-16(10-11-31-22(26)15(2)30-3)13-20(25)23-19-9-8-17-6-4-5-7-18(17)21(19)32(27,28)29/h4-9,15-16H,10-13H2,1-3H3,(H,23,25)(H,27,28,29). The number of Topliss-reactive ketones (excluding diaryl/α,β-unsaturated/α-hetero) is 1. The molecule has 0 radical (unpaired) electrons. The van der Waals surface area contributed by atoms with E-state index < -0.39 is 38.9 Å². The number of benzene rings is 2. The summed E-state index contributed by atoms with van der Waals surface area (Å²) in [7, 11) is -3.25. The van der Waals surface area contributed by atoms with Crippen molar-refractivity contribution in [2.24, 2.45) is 5.92 Å². The van der Waals surface area contributed by atoms with Crippen LogP contribution in [-0.4, -0.2) is 50.5 Å². The lowest BCUT2D eigenvalue weighted by Crippen LogP contribution is -2.24. The zero-order chi connectivity index (χ0) is 23.9. The Labute approximate surface area is 186 Å². The molecule has 0 saturated heterocycles. The maximum absolute atomic E-state index is 12.6. The van der Waals surface area contributed by atoms with Crippen LogP contribution in [0.2, 0.25) is 0 Å². The second kappa shape index (κ2) is 11.2. The SMILES string of the molecule is COC(C)C(=O)OCCC(CC(C)=O)CC(=O)Nc1ccc2ccccc2c1S(=O)(=O)O. The van der Waals surface area contributed by atoms with Crippen LogP contribution in [-0.2, 0) is 34.0 Å². The smallest absolute Gasteiger partial charge is 0.334 e. The van der Waals surface area contributed by atoms with Gasteiger partial charge in [-0.3, -0.25) is 9.35 Å². The van der Waals surface area contributed by atoms with Crippen molar-refractivity contribution < 1.29 is 36.8 Å². The minimum atomic E-state index is -4.63. The van der Waals surface area contributed by atoms with Crippen LogP contribution < -0.4 is 5.32 Å². The number of ether oxygens (including phenoxy) is 2. The van der Waals surface area contributed by atoms with Crippen LogP contribution in [0, 0.1) is 5.92 Å². The topological polar surface area (TPSA) is 136 Å². The molecule has 0 aliphatic carbocycles. The molecule has 32 heavy (non-hydrogen) atoms. The summed E-state index contributed by atoms with van der Waals surface area (Å²) < 4.78 is 43.7. The molecular weight excluding hydrogens is 438 g/mol. The number of hydrogen-bond donors (Lipinski definition) is 2. The van der Waals surface area contributed by atoms with Gasteiger partial charge in [-0.05, 0) is 37.6 Å². The van der Waals surface area contributed by atoms with E-state index in [1.54, 1.807) is 31.2 Å². The summed E-state index contributed by atoms with van der Waals surface area (Å²) >= 11 is 0. The van der Waals surface area contributed by atoms with Crippen molar-refractivity contribution >= 4 is 44.2 Å². The van der Waals surface area contributed by atoms with Crippen molar-refractivity contribution in [2.45, 2.75) is 44.1 Å². The van der Waals surface area contributed by atoms with Gasteiger partial charge in [0.05, 0.1) is 12.3 Å². The Morgan fingerprint density at radius 2 is 1.78 bits per heavy atom. The summed E-state index contributed by atoms with van der Waals surface area (Å²) in [5.74, 6) is -1.64. The second-order valence-corrected chi connectivity index (χ2v) is 8.86. The van der Waals surface area contributed by atoms with Gasteiger partial charge in [0, 0.05) is 25.3 Å². The summed E-state index contributed by atoms with van der Waals surface area (Å²) in [5.41, 5.74) is -0.0573. The number of carbonyl (C=O) groups excluding carboxylic acids is 3. The molecule has 2 aromatic carbocycles. The molecule has 0 aliphatic rings. The first kappa shape index (κ1) is 25.4. The zero-order valence-electron chi connectivity index (χ0n) is 18.2. The fourth-order valence-corrected chi connectivity index (χ4v) is 4.17. The van der Waals surface area contributed by atoms with Gasteiger partial charge in [0.25, 0.3) is 10.1 Å². The Morgan fingerprint density at radius 3 is 2.41 bits per heavy atom. The normalized spacial score (nSPS) is 13.4. The van der Waals surface area contributed by atoms with Gasteiger partial charge in [0.15, 0.2) is 6.10 Å². The number of carbonyl (C=O) groups is 3. The van der Waals surface area contributed by atoms with Crippen LogP contribution in [0.15, 0.2) is 41.3 Å². The van der Waals surface area contributed by atoms with E-state index in [1.165, 1.54) is 26.2 Å². The largest absolute Gasteiger partial charge is 0.464 e. The molecule has 2 N–H and O–H groups in total. The van der Waals surface area contributed by atoms with Gasteiger partial charge < -0.3 is 19.6 Å². The monoisotopic (exact) mass is 465 g/mol. The van der Waals surface area contributed by atoms with E-state index in [0.29, 0.717) is 5.39 Å². The summed E-state index contributed by atoms with van der Waals surface area (Å²) in [6, 6.07) is 9.59. The average Bonchev–Trinajstić information content (AvgIpc) is 2.71. The van der Waals surface area contributed by atoms with Crippen LogP contribution in [0.4, 0.5) is 5.69 Å². The van der Waals surface area contributed by atoms with Crippen molar-refractivity contribution in [3.63, 3.8) is 0 Å². The highest BCUT2D eigenvalue weighted by Gasteiger charge is 2.23. The van der Waals surface area contributed by atoms with E-state index in [4.69, 9.17) is 9.47 Å². The number of fused-ring (bicyclic) bond motifs is 1. The molecule has 0 spiro atoms. The molecule has 2 rings (SSSR count). The molecule has 0 saturated carbocycles. The Morgan fingerprint density at radius 1 is 1.09 bits per heavy atom. The van der Waals surface area contributed by atoms with Gasteiger partial charge in [0.1, 0.15) is 10.7 Å². The van der Waals surface area contributed by atoms with Crippen LogP contribution in [0.5, 0.6) is 0 Å². The number of anilines is 1. The minimum absolute atomic E-state index is 0.00397. The molecule has 1 amide bonds. The average molecular weight is 466 g/mol. The first-order valence-electron chi connectivity index (χ1n) is 10.0. The molecule has 2 aromatic rings. The van der Waals surface area contributed by atoms with Gasteiger partial charge in [-0.1, -0.05) is 30.3 Å². The van der Waals surface area contributed by atoms with Crippen molar-refractivity contribution in [3.05, 3.63) is 36.4 Å². The number of rotatable bonds is 11. The van der Waals surface area contributed by atoms with Crippen molar-refractivity contribution in [1.29, 1.82) is 0 Å². The fourth-order valence-electron chi connectivity index (χ4n) is 3.31. The van der Waals surface area contributed by atoms with E-state index in [0.717, 1.165) is 0 Å². The van der Waals surface area contributed by atoms with E-state index in [9.17, 15) is 27.4 Å². The van der Waals surface area contributed by atoms with E-state index in [1.807, 2.05) is 0 Å². The lowest BCUT2D eigenvalue weighted by Gasteiger charge is -2.17. The van der Waals surface area contributed by atoms with Crippen molar-refractivity contribution in [1.82, 2.24) is 0 Å². The van der Waals surface area contributed by atoms with E-state index in [2.05, 4.69) is 5.32 Å². The Bertz CT molecular complexity index is 1100. The quantitative estimate of drug-likeness (QED) is 0.382. The lowest BCUT2D eigenvalue weighted by atomic mass is 9.95. The van der Waals surface area contributed by atoms with Crippen LogP contribution in [0.3, 0.4) is 0 Å². The van der Waals surface area contributed by atoms with Crippen molar-refractivity contribution in [3.8, 4) is 0 Å². The Kier molecular flexibility index (Phi) is 8.88. The molecule has 0 aromatic heterocycles. The van der Waals surface area contributed by atoms with Gasteiger partial charge >= 0.3 is 5.97 Å².